The minimum absolute atomic E-state index is 0.0621. The predicted octanol–water partition coefficient (Wildman–Crippen LogP) is 2.65. The summed E-state index contributed by atoms with van der Waals surface area (Å²) in [6.45, 7) is 7.10. The van der Waals surface area contributed by atoms with Crippen molar-refractivity contribution in [2.75, 3.05) is 5.32 Å². The summed E-state index contributed by atoms with van der Waals surface area (Å²) in [7, 11) is -3.29. The number of sulfonamides is 1. The maximum atomic E-state index is 12.5. The van der Waals surface area contributed by atoms with Gasteiger partial charge in [0.25, 0.3) is 5.91 Å². The van der Waals surface area contributed by atoms with Crippen LogP contribution >= 0.6 is 0 Å². The maximum Gasteiger partial charge on any atom is 0.251 e. The quantitative estimate of drug-likeness (QED) is 0.644. The minimum atomic E-state index is -3.29. The third kappa shape index (κ3) is 6.31. The summed E-state index contributed by atoms with van der Waals surface area (Å²) in [5, 5.41) is 5.25. The van der Waals surface area contributed by atoms with Crippen LogP contribution in [0.3, 0.4) is 0 Å². The summed E-state index contributed by atoms with van der Waals surface area (Å²) in [5.74, 6) is -0.344. The Kier molecular flexibility index (Phi) is 7.60. The van der Waals surface area contributed by atoms with Crippen molar-refractivity contribution in [3.8, 4) is 0 Å². The van der Waals surface area contributed by atoms with Gasteiger partial charge in [-0.05, 0) is 77.6 Å². The zero-order chi connectivity index (χ0) is 20.9. The number of rotatable bonds is 7. The van der Waals surface area contributed by atoms with Gasteiger partial charge in [-0.1, -0.05) is 0 Å². The molecule has 0 aromatic heterocycles. The Bertz CT molecular complexity index is 780. The molecule has 1 fully saturated rings. The number of nitrogens with one attached hydrogen (secondary N) is 3. The van der Waals surface area contributed by atoms with Crippen LogP contribution in [0.15, 0.2) is 24.3 Å². The highest BCUT2D eigenvalue weighted by Gasteiger charge is 2.29. The lowest BCUT2D eigenvalue weighted by molar-refractivity contribution is -0.120. The van der Waals surface area contributed by atoms with Crippen molar-refractivity contribution in [1.82, 2.24) is 10.0 Å². The first kappa shape index (κ1) is 22.4. The van der Waals surface area contributed by atoms with Crippen LogP contribution in [0.1, 0.15) is 63.7 Å². The van der Waals surface area contributed by atoms with Crippen molar-refractivity contribution < 1.29 is 18.0 Å². The molecule has 0 radical (unpaired) electrons. The molecule has 0 bridgehead atoms. The van der Waals surface area contributed by atoms with Crippen LogP contribution in [0.5, 0.6) is 0 Å². The maximum absolute atomic E-state index is 12.5. The number of amides is 2. The summed E-state index contributed by atoms with van der Waals surface area (Å²) in [6.07, 6.45) is 2.59. The molecule has 0 spiro atoms. The third-order valence-electron chi connectivity index (χ3n) is 4.88. The fourth-order valence-corrected chi connectivity index (χ4v) is 4.11. The molecule has 1 aromatic carbocycles. The van der Waals surface area contributed by atoms with Gasteiger partial charge in [0.1, 0.15) is 0 Å². The molecular formula is C20H31N3O4S. The molecule has 2 rings (SSSR count). The third-order valence-corrected chi connectivity index (χ3v) is 6.79. The number of hydrogen-bond acceptors (Lipinski definition) is 4. The van der Waals surface area contributed by atoms with Gasteiger partial charge in [-0.3, -0.25) is 9.59 Å². The second-order valence-electron chi connectivity index (χ2n) is 7.95. The van der Waals surface area contributed by atoms with E-state index in [-0.39, 0.29) is 29.8 Å². The zero-order valence-corrected chi connectivity index (χ0v) is 17.8. The van der Waals surface area contributed by atoms with Crippen LogP contribution in [-0.2, 0) is 14.8 Å². The molecule has 7 nitrogen and oxygen atoms in total. The van der Waals surface area contributed by atoms with E-state index in [9.17, 15) is 18.0 Å². The van der Waals surface area contributed by atoms with E-state index >= 15 is 0 Å². The van der Waals surface area contributed by atoms with Crippen molar-refractivity contribution in [3.63, 3.8) is 0 Å². The molecule has 8 heteroatoms. The topological polar surface area (TPSA) is 104 Å². The molecule has 2 amide bonds. The summed E-state index contributed by atoms with van der Waals surface area (Å²) < 4.78 is 26.7. The molecule has 0 heterocycles. The normalized spacial score (nSPS) is 20.2. The molecule has 0 saturated heterocycles. The van der Waals surface area contributed by atoms with Crippen molar-refractivity contribution in [2.24, 2.45) is 5.92 Å². The van der Waals surface area contributed by atoms with Crippen LogP contribution in [0.25, 0.3) is 0 Å². The minimum Gasteiger partial charge on any atom is -0.350 e. The molecule has 0 aliphatic heterocycles. The van der Waals surface area contributed by atoms with Gasteiger partial charge in [-0.2, -0.15) is 0 Å². The molecular weight excluding hydrogens is 378 g/mol. The average molecular weight is 410 g/mol. The number of hydrogen-bond donors (Lipinski definition) is 3. The van der Waals surface area contributed by atoms with Gasteiger partial charge in [0.2, 0.25) is 15.9 Å². The first-order valence-electron chi connectivity index (χ1n) is 9.81. The van der Waals surface area contributed by atoms with Crippen molar-refractivity contribution in [1.29, 1.82) is 0 Å². The van der Waals surface area contributed by atoms with Gasteiger partial charge in [-0.25, -0.2) is 13.1 Å². The fourth-order valence-electron chi connectivity index (χ4n) is 3.14. The van der Waals surface area contributed by atoms with Gasteiger partial charge in [0, 0.05) is 29.3 Å². The van der Waals surface area contributed by atoms with Gasteiger partial charge in [0.15, 0.2) is 0 Å². The Balaban J connectivity index is 1.85. The second kappa shape index (κ2) is 9.52. The second-order valence-corrected chi connectivity index (χ2v) is 10.2. The first-order valence-corrected chi connectivity index (χ1v) is 11.4. The Labute approximate surface area is 167 Å². The Morgan fingerprint density at radius 1 is 0.964 bits per heavy atom. The fraction of sp³-hybridized carbons (Fsp3) is 0.600. The number of carbonyl (C=O) groups excluding carboxylic acids is 2. The molecule has 0 unspecified atom stereocenters. The van der Waals surface area contributed by atoms with Crippen LogP contribution in [0, 0.1) is 5.92 Å². The van der Waals surface area contributed by atoms with E-state index < -0.39 is 15.3 Å². The highest BCUT2D eigenvalue weighted by molar-refractivity contribution is 7.90. The van der Waals surface area contributed by atoms with E-state index in [1.165, 1.54) is 0 Å². The average Bonchev–Trinajstić information content (AvgIpc) is 2.61. The van der Waals surface area contributed by atoms with Crippen LogP contribution in [0.4, 0.5) is 5.69 Å². The van der Waals surface area contributed by atoms with Crippen molar-refractivity contribution in [2.45, 2.75) is 70.7 Å². The van der Waals surface area contributed by atoms with Crippen LogP contribution < -0.4 is 15.4 Å². The summed E-state index contributed by atoms with van der Waals surface area (Å²) >= 11 is 0. The molecule has 3 N–H and O–H groups in total. The van der Waals surface area contributed by atoms with E-state index in [1.807, 2.05) is 13.8 Å². The van der Waals surface area contributed by atoms with E-state index in [1.54, 1.807) is 38.1 Å². The van der Waals surface area contributed by atoms with Crippen LogP contribution in [0.2, 0.25) is 0 Å². The molecule has 1 saturated carbocycles. The lowest BCUT2D eigenvalue weighted by Crippen LogP contribution is -2.42. The lowest BCUT2D eigenvalue weighted by atomic mass is 9.86. The number of anilines is 1. The predicted molar refractivity (Wildman–Crippen MR) is 111 cm³/mol. The number of benzene rings is 1. The molecule has 1 aliphatic carbocycles. The highest BCUT2D eigenvalue weighted by Crippen LogP contribution is 2.26. The van der Waals surface area contributed by atoms with Gasteiger partial charge >= 0.3 is 0 Å². The molecule has 1 aliphatic rings. The van der Waals surface area contributed by atoms with Gasteiger partial charge < -0.3 is 10.6 Å². The van der Waals surface area contributed by atoms with E-state index in [0.29, 0.717) is 36.9 Å². The summed E-state index contributed by atoms with van der Waals surface area (Å²) in [5.41, 5.74) is 1.19. The first-order chi connectivity index (χ1) is 13.1. The largest absolute Gasteiger partial charge is 0.350 e. The van der Waals surface area contributed by atoms with Gasteiger partial charge in [-0.15, -0.1) is 0 Å². The van der Waals surface area contributed by atoms with Crippen molar-refractivity contribution in [3.05, 3.63) is 29.8 Å². The van der Waals surface area contributed by atoms with Crippen molar-refractivity contribution >= 4 is 27.5 Å². The smallest absolute Gasteiger partial charge is 0.251 e. The molecule has 0 atom stereocenters. The summed E-state index contributed by atoms with van der Waals surface area (Å²) in [6, 6.07) is 6.77. The molecule has 1 aromatic rings. The highest BCUT2D eigenvalue weighted by atomic mass is 32.2. The Hall–Kier alpha value is -1.93. The van der Waals surface area contributed by atoms with Crippen LogP contribution in [-0.4, -0.2) is 37.6 Å². The van der Waals surface area contributed by atoms with E-state index in [4.69, 9.17) is 0 Å². The zero-order valence-electron chi connectivity index (χ0n) is 17.0. The Morgan fingerprint density at radius 3 is 2.04 bits per heavy atom. The molecule has 28 heavy (non-hydrogen) atoms. The SMILES string of the molecule is CC(C)NC(=O)c1ccc(NC(=O)C2CCC(NS(=O)(=O)C(C)C)CC2)cc1. The van der Waals surface area contributed by atoms with E-state index in [0.717, 1.165) is 0 Å². The standard InChI is InChI=1S/C20H31N3O4S/c1-13(2)21-19(24)15-5-9-17(10-6-15)22-20(25)16-7-11-18(12-8-16)23-28(26,27)14(3)4/h5-6,9-10,13-14,16,18,23H,7-8,11-12H2,1-4H3,(H,21,24)(H,22,25). The van der Waals surface area contributed by atoms with E-state index in [2.05, 4.69) is 15.4 Å². The monoisotopic (exact) mass is 409 g/mol. The summed E-state index contributed by atoms with van der Waals surface area (Å²) in [4.78, 5) is 24.5. The Morgan fingerprint density at radius 2 is 1.54 bits per heavy atom. The van der Waals surface area contributed by atoms with Gasteiger partial charge in [0.05, 0.1) is 5.25 Å². The lowest BCUT2D eigenvalue weighted by Gasteiger charge is -2.28. The number of carbonyl (C=O) groups is 2. The molecule has 156 valence electrons.